The Bertz CT molecular complexity index is 298. The normalized spacial score (nSPS) is 25.6. The molecule has 1 aliphatic carbocycles. The molecule has 4 heteroatoms. The summed E-state index contributed by atoms with van der Waals surface area (Å²) in [6, 6.07) is 0.359. The molecule has 2 rings (SSSR count). The van der Waals surface area contributed by atoms with Crippen molar-refractivity contribution in [3.63, 3.8) is 0 Å². The van der Waals surface area contributed by atoms with Gasteiger partial charge in [0.05, 0.1) is 5.92 Å². The summed E-state index contributed by atoms with van der Waals surface area (Å²) in [6.07, 6.45) is 6.00. The molecule has 96 valence electrons. The third-order valence-electron chi connectivity index (χ3n) is 3.78. The molecule has 4 nitrogen and oxygen atoms in total. The van der Waals surface area contributed by atoms with Crippen LogP contribution in [0.25, 0.3) is 0 Å². The summed E-state index contributed by atoms with van der Waals surface area (Å²) in [5, 5.41) is 3.09. The summed E-state index contributed by atoms with van der Waals surface area (Å²) in [6.45, 7) is 3.45. The van der Waals surface area contributed by atoms with E-state index in [1.807, 2.05) is 4.90 Å². The number of hydrogen-bond donors (Lipinski definition) is 1. The molecule has 0 unspecified atom stereocenters. The maximum Gasteiger partial charge on any atom is 0.225 e. The van der Waals surface area contributed by atoms with Crippen LogP contribution in [-0.2, 0) is 9.59 Å². The lowest BCUT2D eigenvalue weighted by atomic mass is 10.1. The summed E-state index contributed by atoms with van der Waals surface area (Å²) in [5.74, 6) is 0.108. The average molecular weight is 238 g/mol. The molecule has 1 saturated heterocycles. The number of carbonyl (C=O) groups is 2. The third kappa shape index (κ3) is 2.99. The van der Waals surface area contributed by atoms with Crippen LogP contribution in [0.1, 0.15) is 45.4 Å². The minimum absolute atomic E-state index is 0.0869. The van der Waals surface area contributed by atoms with Gasteiger partial charge in [0.25, 0.3) is 0 Å². The average Bonchev–Trinajstić information content (AvgIpc) is 2.90. The maximum absolute atomic E-state index is 12.0. The van der Waals surface area contributed by atoms with E-state index < -0.39 is 0 Å². The number of hydrogen-bond acceptors (Lipinski definition) is 2. The summed E-state index contributed by atoms with van der Waals surface area (Å²) in [4.78, 5) is 25.5. The van der Waals surface area contributed by atoms with Crippen molar-refractivity contribution in [2.24, 2.45) is 5.92 Å². The summed E-state index contributed by atoms with van der Waals surface area (Å²) < 4.78 is 0. The van der Waals surface area contributed by atoms with Gasteiger partial charge in [0.1, 0.15) is 0 Å². The highest BCUT2D eigenvalue weighted by molar-refractivity contribution is 5.89. The Hall–Kier alpha value is -1.06. The number of carbonyl (C=O) groups excluding carboxylic acids is 2. The van der Waals surface area contributed by atoms with Gasteiger partial charge in [0, 0.05) is 25.6 Å². The van der Waals surface area contributed by atoms with Gasteiger partial charge in [0.15, 0.2) is 0 Å². The van der Waals surface area contributed by atoms with Gasteiger partial charge in [-0.2, -0.15) is 0 Å². The SMILES string of the molecule is CCCN1C[C@@H](C(=O)NC2CCCC2)CC1=O. The zero-order chi connectivity index (χ0) is 12.3. The molecule has 0 spiro atoms. The summed E-state index contributed by atoms with van der Waals surface area (Å²) in [5.41, 5.74) is 0. The van der Waals surface area contributed by atoms with Gasteiger partial charge in [-0.1, -0.05) is 19.8 Å². The number of rotatable bonds is 4. The second-order valence-electron chi connectivity index (χ2n) is 5.23. The first-order valence-corrected chi connectivity index (χ1v) is 6.79. The standard InChI is InChI=1S/C13H22N2O2/c1-2-7-15-9-10(8-12(15)16)13(17)14-11-5-3-4-6-11/h10-11H,2-9H2,1H3,(H,14,17)/t10-/m0/s1. The number of nitrogens with one attached hydrogen (secondary N) is 1. The van der Waals surface area contributed by atoms with Crippen LogP contribution in [0.15, 0.2) is 0 Å². The van der Waals surface area contributed by atoms with Crippen molar-refractivity contribution in [2.75, 3.05) is 13.1 Å². The molecule has 0 aromatic heterocycles. The smallest absolute Gasteiger partial charge is 0.225 e. The predicted octanol–water partition coefficient (Wildman–Crippen LogP) is 1.30. The number of likely N-dealkylation sites (tertiary alicyclic amines) is 1. The van der Waals surface area contributed by atoms with Crippen molar-refractivity contribution in [3.05, 3.63) is 0 Å². The van der Waals surface area contributed by atoms with Crippen molar-refractivity contribution in [1.29, 1.82) is 0 Å². The number of nitrogens with zero attached hydrogens (tertiary/aromatic N) is 1. The van der Waals surface area contributed by atoms with Crippen LogP contribution in [0.4, 0.5) is 0 Å². The van der Waals surface area contributed by atoms with E-state index in [4.69, 9.17) is 0 Å². The van der Waals surface area contributed by atoms with Gasteiger partial charge in [-0.3, -0.25) is 9.59 Å². The molecule has 2 fully saturated rings. The molecule has 17 heavy (non-hydrogen) atoms. The van der Waals surface area contributed by atoms with Crippen LogP contribution < -0.4 is 5.32 Å². The molecule has 1 atom stereocenters. The highest BCUT2D eigenvalue weighted by atomic mass is 16.2. The van der Waals surface area contributed by atoms with Crippen LogP contribution in [0.2, 0.25) is 0 Å². The lowest BCUT2D eigenvalue weighted by molar-refractivity contribution is -0.129. The van der Waals surface area contributed by atoms with Gasteiger partial charge in [-0.25, -0.2) is 0 Å². The molecule has 1 heterocycles. The van der Waals surface area contributed by atoms with Crippen molar-refractivity contribution < 1.29 is 9.59 Å². The van der Waals surface area contributed by atoms with E-state index in [1.54, 1.807) is 0 Å². The monoisotopic (exact) mass is 238 g/mol. The highest BCUT2D eigenvalue weighted by Gasteiger charge is 2.34. The minimum atomic E-state index is -0.116. The lowest BCUT2D eigenvalue weighted by Gasteiger charge is -2.17. The Labute approximate surface area is 103 Å². The van der Waals surface area contributed by atoms with E-state index in [-0.39, 0.29) is 17.7 Å². The van der Waals surface area contributed by atoms with Crippen molar-refractivity contribution in [1.82, 2.24) is 10.2 Å². The zero-order valence-corrected chi connectivity index (χ0v) is 10.6. The molecular formula is C13H22N2O2. The molecule has 0 bridgehead atoms. The highest BCUT2D eigenvalue weighted by Crippen LogP contribution is 2.21. The lowest BCUT2D eigenvalue weighted by Crippen LogP contribution is -2.38. The molecule has 0 aromatic rings. The Morgan fingerprint density at radius 3 is 2.76 bits per heavy atom. The molecule has 2 amide bonds. The Morgan fingerprint density at radius 1 is 1.41 bits per heavy atom. The molecule has 0 aromatic carbocycles. The summed E-state index contributed by atoms with van der Waals surface area (Å²) in [7, 11) is 0. The molecule has 1 saturated carbocycles. The van der Waals surface area contributed by atoms with Crippen LogP contribution in [-0.4, -0.2) is 35.8 Å². The van der Waals surface area contributed by atoms with Gasteiger partial charge < -0.3 is 10.2 Å². The van der Waals surface area contributed by atoms with Gasteiger partial charge >= 0.3 is 0 Å². The Morgan fingerprint density at radius 2 is 2.12 bits per heavy atom. The first kappa shape index (κ1) is 12.4. The van der Waals surface area contributed by atoms with E-state index in [0.717, 1.165) is 25.8 Å². The van der Waals surface area contributed by atoms with Crippen LogP contribution in [0, 0.1) is 5.92 Å². The fourth-order valence-electron chi connectivity index (χ4n) is 2.82. The fraction of sp³-hybridized carbons (Fsp3) is 0.846. The molecule has 1 aliphatic heterocycles. The molecule has 0 radical (unpaired) electrons. The molecule has 2 aliphatic rings. The second-order valence-corrected chi connectivity index (χ2v) is 5.23. The second kappa shape index (κ2) is 5.52. The van der Waals surface area contributed by atoms with Crippen molar-refractivity contribution in [2.45, 2.75) is 51.5 Å². The van der Waals surface area contributed by atoms with Crippen LogP contribution in [0.5, 0.6) is 0 Å². The van der Waals surface area contributed by atoms with Crippen LogP contribution in [0.3, 0.4) is 0 Å². The van der Waals surface area contributed by atoms with Gasteiger partial charge in [-0.15, -0.1) is 0 Å². The Kier molecular flexibility index (Phi) is 4.02. The minimum Gasteiger partial charge on any atom is -0.353 e. The number of amides is 2. The van der Waals surface area contributed by atoms with Gasteiger partial charge in [0.2, 0.25) is 11.8 Å². The van der Waals surface area contributed by atoms with E-state index in [2.05, 4.69) is 12.2 Å². The Balaban J connectivity index is 1.82. The first-order valence-electron chi connectivity index (χ1n) is 6.79. The molecule has 1 N–H and O–H groups in total. The van der Waals surface area contributed by atoms with Crippen LogP contribution >= 0.6 is 0 Å². The molecular weight excluding hydrogens is 216 g/mol. The zero-order valence-electron chi connectivity index (χ0n) is 10.6. The largest absolute Gasteiger partial charge is 0.353 e. The van der Waals surface area contributed by atoms with Gasteiger partial charge in [-0.05, 0) is 19.3 Å². The van der Waals surface area contributed by atoms with E-state index in [0.29, 0.717) is 19.0 Å². The fourth-order valence-corrected chi connectivity index (χ4v) is 2.82. The van der Waals surface area contributed by atoms with E-state index in [9.17, 15) is 9.59 Å². The topological polar surface area (TPSA) is 49.4 Å². The van der Waals surface area contributed by atoms with E-state index >= 15 is 0 Å². The van der Waals surface area contributed by atoms with Crippen molar-refractivity contribution in [3.8, 4) is 0 Å². The predicted molar refractivity (Wildman–Crippen MR) is 65.4 cm³/mol. The van der Waals surface area contributed by atoms with E-state index in [1.165, 1.54) is 12.8 Å². The third-order valence-corrected chi connectivity index (χ3v) is 3.78. The summed E-state index contributed by atoms with van der Waals surface area (Å²) >= 11 is 0. The first-order chi connectivity index (χ1) is 8.20. The van der Waals surface area contributed by atoms with Crippen molar-refractivity contribution >= 4 is 11.8 Å². The maximum atomic E-state index is 12.0. The quantitative estimate of drug-likeness (QED) is 0.802.